The minimum Gasteiger partial charge on any atom is -0.298 e. The second-order valence-corrected chi connectivity index (χ2v) is 12.9. The van der Waals surface area contributed by atoms with Gasteiger partial charge in [0.15, 0.2) is 17.3 Å². The van der Waals surface area contributed by atoms with Crippen LogP contribution in [0.2, 0.25) is 0 Å². The fourth-order valence-electron chi connectivity index (χ4n) is 8.91. The van der Waals surface area contributed by atoms with E-state index < -0.39 is 0 Å². The van der Waals surface area contributed by atoms with Gasteiger partial charge in [0.25, 0.3) is 0 Å². The Hall–Kier alpha value is -1.23. The van der Waals surface area contributed by atoms with Gasteiger partial charge < -0.3 is 0 Å². The van der Waals surface area contributed by atoms with E-state index in [2.05, 4.69) is 20.8 Å². The molecule has 15 atom stereocenters. The van der Waals surface area contributed by atoms with Crippen LogP contribution in [-0.4, -0.2) is 88.6 Å². The molecule has 12 rings (SSSR count). The molecule has 198 valence electrons. The highest BCUT2D eigenvalue weighted by Gasteiger charge is 2.56. The number of piperidine rings is 6. The molecule has 3 unspecified atom stereocenters. The molecular formula is C27H39N3O6. The molecule has 9 nitrogen and oxygen atoms in total. The van der Waals surface area contributed by atoms with Gasteiger partial charge in [0.2, 0.25) is 0 Å². The third-order valence-electron chi connectivity index (χ3n) is 10.5. The van der Waals surface area contributed by atoms with E-state index in [0.717, 1.165) is 38.9 Å². The molecule has 9 heterocycles. The van der Waals surface area contributed by atoms with Crippen molar-refractivity contribution in [2.24, 2.45) is 35.5 Å². The first-order valence-electron chi connectivity index (χ1n) is 14.1. The van der Waals surface area contributed by atoms with Crippen molar-refractivity contribution in [1.82, 2.24) is 15.2 Å². The van der Waals surface area contributed by atoms with Crippen LogP contribution in [0.25, 0.3) is 0 Å². The summed E-state index contributed by atoms with van der Waals surface area (Å²) < 4.78 is 0. The van der Waals surface area contributed by atoms with Gasteiger partial charge in [-0.25, -0.2) is 0 Å². The Bertz CT molecular complexity index is 835. The molecule has 9 heteroatoms. The minimum absolute atomic E-state index is 0.116. The van der Waals surface area contributed by atoms with Crippen LogP contribution < -0.4 is 0 Å². The predicted octanol–water partition coefficient (Wildman–Crippen LogP) is 1.80. The number of fused-ring (bicyclic) bond motifs is 3. The summed E-state index contributed by atoms with van der Waals surface area (Å²) in [5, 5.41) is 5.78. The van der Waals surface area contributed by atoms with E-state index in [1.807, 2.05) is 15.2 Å². The SMILES string of the molecule is C[C@H]1ON2C[C@H]3CC(=O)[C@@H]2[C@@H]1C3.C[C@H]1ON2C[C@H]3CC(=O)[C@@H]2[C@@H]1C3.C[C@H]1ON2C[C@H]3CC(=O)[C@@H]2[C@@H]1C3. The van der Waals surface area contributed by atoms with Crippen molar-refractivity contribution in [2.75, 3.05) is 19.6 Å². The summed E-state index contributed by atoms with van der Waals surface area (Å²) in [6.07, 6.45) is 6.81. The lowest BCUT2D eigenvalue weighted by Crippen LogP contribution is -2.52. The topological polar surface area (TPSA) is 88.6 Å². The van der Waals surface area contributed by atoms with Crippen LogP contribution in [-0.2, 0) is 28.9 Å². The number of ketones is 3. The maximum atomic E-state index is 11.5. The zero-order chi connectivity index (χ0) is 24.9. The third kappa shape index (κ3) is 3.68. The van der Waals surface area contributed by atoms with Crippen molar-refractivity contribution in [3.05, 3.63) is 0 Å². The highest BCUT2D eigenvalue weighted by molar-refractivity contribution is 5.87. The maximum absolute atomic E-state index is 11.5. The molecule has 0 N–H and O–H groups in total. The van der Waals surface area contributed by atoms with Gasteiger partial charge in [0.1, 0.15) is 0 Å². The van der Waals surface area contributed by atoms with Crippen LogP contribution in [0, 0.1) is 35.5 Å². The summed E-state index contributed by atoms with van der Waals surface area (Å²) >= 11 is 0. The number of Topliss-reactive ketones (excluding diaryl/α,β-unsaturated/α-hetero) is 3. The van der Waals surface area contributed by atoms with Gasteiger partial charge in [-0.1, -0.05) is 0 Å². The highest BCUT2D eigenvalue weighted by atomic mass is 16.7. The van der Waals surface area contributed by atoms with Crippen LogP contribution in [0.5, 0.6) is 0 Å². The molecule has 0 aromatic heterocycles. The monoisotopic (exact) mass is 501 g/mol. The first kappa shape index (κ1) is 23.9. The molecule has 3 aliphatic carbocycles. The molecule has 0 amide bonds. The van der Waals surface area contributed by atoms with Crippen LogP contribution in [0.15, 0.2) is 0 Å². The van der Waals surface area contributed by atoms with Crippen molar-refractivity contribution in [2.45, 2.75) is 95.7 Å². The van der Waals surface area contributed by atoms with Crippen molar-refractivity contribution in [1.29, 1.82) is 0 Å². The van der Waals surface area contributed by atoms with E-state index in [1.165, 1.54) is 19.3 Å². The van der Waals surface area contributed by atoms with Crippen LogP contribution in [0.3, 0.4) is 0 Å². The summed E-state index contributed by atoms with van der Waals surface area (Å²) in [5.74, 6) is 4.44. The lowest BCUT2D eigenvalue weighted by Gasteiger charge is -2.40. The smallest absolute Gasteiger partial charge is 0.153 e. The van der Waals surface area contributed by atoms with Crippen molar-refractivity contribution in [3.63, 3.8) is 0 Å². The van der Waals surface area contributed by atoms with Gasteiger partial charge in [-0.3, -0.25) is 28.9 Å². The van der Waals surface area contributed by atoms with Crippen LogP contribution >= 0.6 is 0 Å². The van der Waals surface area contributed by atoms with Crippen molar-refractivity contribution >= 4 is 17.3 Å². The minimum atomic E-state index is 0.116. The van der Waals surface area contributed by atoms with E-state index in [-0.39, 0.29) is 36.4 Å². The number of carbonyl (C=O) groups excluding carboxylic acids is 3. The fourth-order valence-corrected chi connectivity index (χ4v) is 8.91. The Kier molecular flexibility index (Phi) is 5.73. The molecule has 12 bridgehead atoms. The molecule has 9 aliphatic heterocycles. The largest absolute Gasteiger partial charge is 0.298 e. The van der Waals surface area contributed by atoms with Gasteiger partial charge in [-0.15, -0.1) is 0 Å². The van der Waals surface area contributed by atoms with Crippen LogP contribution in [0.1, 0.15) is 59.3 Å². The molecule has 0 aromatic carbocycles. The average molecular weight is 502 g/mol. The zero-order valence-electron chi connectivity index (χ0n) is 21.6. The third-order valence-corrected chi connectivity index (χ3v) is 10.5. The summed E-state index contributed by atoms with van der Waals surface area (Å²) in [6, 6.07) is 0.347. The molecule has 12 fully saturated rings. The Morgan fingerprint density at radius 3 is 1.00 bits per heavy atom. The standard InChI is InChI=1S/3C9H13NO2/c3*1-5-7-2-6-3-8(11)9(7)10(4-6)12-5/h3*5-7,9H,2-4H2,1H3/t3*5-,6-,7-,9+/m111/s1. The first-order valence-corrected chi connectivity index (χ1v) is 14.1. The lowest BCUT2D eigenvalue weighted by atomic mass is 9.72. The lowest BCUT2D eigenvalue weighted by molar-refractivity contribution is -0.182. The fraction of sp³-hybridized carbons (Fsp3) is 0.889. The number of hydrogen-bond donors (Lipinski definition) is 0. The maximum Gasteiger partial charge on any atom is 0.153 e. The van der Waals surface area contributed by atoms with E-state index in [1.54, 1.807) is 0 Å². The van der Waals surface area contributed by atoms with Crippen LogP contribution in [0.4, 0.5) is 0 Å². The van der Waals surface area contributed by atoms with Crippen molar-refractivity contribution in [3.8, 4) is 0 Å². The summed E-state index contributed by atoms with van der Waals surface area (Å²) in [4.78, 5) is 51.4. The molecule has 36 heavy (non-hydrogen) atoms. The second kappa shape index (κ2) is 8.64. The molecule has 12 aliphatic rings. The molecule has 0 spiro atoms. The van der Waals surface area contributed by atoms with E-state index >= 15 is 0 Å². The predicted molar refractivity (Wildman–Crippen MR) is 127 cm³/mol. The number of carbonyl (C=O) groups is 3. The normalized spacial score (nSPS) is 56.4. The summed E-state index contributed by atoms with van der Waals surface area (Å²) in [7, 11) is 0. The number of hydrogen-bond acceptors (Lipinski definition) is 9. The van der Waals surface area contributed by atoms with Gasteiger partial charge in [0, 0.05) is 56.7 Å². The van der Waals surface area contributed by atoms with Gasteiger partial charge in [-0.2, -0.15) is 15.2 Å². The van der Waals surface area contributed by atoms with Gasteiger partial charge in [0.05, 0.1) is 36.4 Å². The molecule has 9 saturated heterocycles. The van der Waals surface area contributed by atoms with E-state index in [4.69, 9.17) is 14.5 Å². The van der Waals surface area contributed by atoms with E-state index in [9.17, 15) is 14.4 Å². The first-order chi connectivity index (χ1) is 17.3. The highest BCUT2D eigenvalue weighted by Crippen LogP contribution is 2.46. The molecule has 3 saturated carbocycles. The summed E-state index contributed by atoms with van der Waals surface area (Å²) in [6.45, 7) is 9.20. The quantitative estimate of drug-likeness (QED) is 0.493. The Morgan fingerprint density at radius 1 is 0.528 bits per heavy atom. The Balaban J connectivity index is 0.0000000919. The Labute approximate surface area is 212 Å². The Morgan fingerprint density at radius 2 is 0.806 bits per heavy atom. The molecule has 0 aromatic rings. The molecule has 0 radical (unpaired) electrons. The average Bonchev–Trinajstić information content (AvgIpc) is 3.32. The summed E-state index contributed by atoms with van der Waals surface area (Å²) in [5.41, 5.74) is 0. The second-order valence-electron chi connectivity index (χ2n) is 12.9. The molecular weight excluding hydrogens is 462 g/mol. The van der Waals surface area contributed by atoms with Gasteiger partial charge in [-0.05, 0) is 57.8 Å². The zero-order valence-corrected chi connectivity index (χ0v) is 21.6. The number of hydroxylamine groups is 6. The number of nitrogens with zero attached hydrogens (tertiary/aromatic N) is 3. The number of rotatable bonds is 0. The van der Waals surface area contributed by atoms with Crippen molar-refractivity contribution < 1.29 is 28.9 Å². The van der Waals surface area contributed by atoms with E-state index in [0.29, 0.717) is 52.9 Å². The van der Waals surface area contributed by atoms with Gasteiger partial charge >= 0.3 is 0 Å².